The molecule has 0 spiro atoms. The van der Waals surface area contributed by atoms with Crippen LogP contribution in [0.15, 0.2) is 64.1 Å². The van der Waals surface area contributed by atoms with Gasteiger partial charge in [-0.15, -0.1) is 0 Å². The first-order valence-electron chi connectivity index (χ1n) is 11.0. The van der Waals surface area contributed by atoms with Crippen LogP contribution < -0.4 is 10.2 Å². The molecule has 1 N–H and O–H groups in total. The molecule has 1 aromatic heterocycles. The molecule has 8 nitrogen and oxygen atoms in total. The van der Waals surface area contributed by atoms with Crippen molar-refractivity contribution in [3.05, 3.63) is 76.7 Å². The number of carbonyl (C=O) groups excluding carboxylic acids is 1. The Labute approximate surface area is 210 Å². The highest BCUT2D eigenvalue weighted by Gasteiger charge is 2.29. The maximum Gasteiger partial charge on any atom is 0.412 e. The fraction of sp³-hybridized carbons (Fsp3) is 0.280. The van der Waals surface area contributed by atoms with Gasteiger partial charge >= 0.3 is 6.09 Å². The van der Waals surface area contributed by atoms with Crippen LogP contribution in [0.5, 0.6) is 0 Å². The van der Waals surface area contributed by atoms with Crippen LogP contribution in [0.1, 0.15) is 36.8 Å². The molecule has 0 aliphatic carbocycles. The van der Waals surface area contributed by atoms with E-state index in [1.54, 1.807) is 6.07 Å². The van der Waals surface area contributed by atoms with Gasteiger partial charge in [-0.3, -0.25) is 5.32 Å². The summed E-state index contributed by atoms with van der Waals surface area (Å²) in [6, 6.07) is 14.5. The van der Waals surface area contributed by atoms with Gasteiger partial charge < -0.3 is 14.1 Å². The Bertz CT molecular complexity index is 1330. The van der Waals surface area contributed by atoms with E-state index in [0.29, 0.717) is 10.7 Å². The molecule has 0 fully saturated rings. The average Bonchev–Trinajstić information content (AvgIpc) is 3.31. The fourth-order valence-electron chi connectivity index (χ4n) is 3.53. The van der Waals surface area contributed by atoms with Crippen molar-refractivity contribution in [3.63, 3.8) is 0 Å². The third-order valence-corrected chi connectivity index (χ3v) is 7.42. The number of hydrogen-bond acceptors (Lipinski definition) is 7. The number of furan rings is 1. The highest BCUT2D eigenvalue weighted by molar-refractivity contribution is 7.91. The van der Waals surface area contributed by atoms with Crippen molar-refractivity contribution in [1.82, 2.24) is 0 Å². The van der Waals surface area contributed by atoms with Crippen LogP contribution in [0.4, 0.5) is 16.2 Å². The molecule has 1 amide bonds. The van der Waals surface area contributed by atoms with Gasteiger partial charge in [0.15, 0.2) is 15.9 Å². The monoisotopic (exact) mass is 515 g/mol. The zero-order valence-electron chi connectivity index (χ0n) is 19.6. The first-order chi connectivity index (χ1) is 16.7. The van der Waals surface area contributed by atoms with Crippen molar-refractivity contribution in [2.24, 2.45) is 0 Å². The maximum atomic E-state index is 13.0. The van der Waals surface area contributed by atoms with Gasteiger partial charge in [0.25, 0.3) is 0 Å². The number of carbonyl (C=O) groups is 1. The van der Waals surface area contributed by atoms with Gasteiger partial charge in [-0.1, -0.05) is 11.6 Å². The highest BCUT2D eigenvalue weighted by atomic mass is 35.5. The van der Waals surface area contributed by atoms with Gasteiger partial charge in [0.1, 0.15) is 18.1 Å². The van der Waals surface area contributed by atoms with E-state index in [0.717, 1.165) is 24.3 Å². The third kappa shape index (κ3) is 6.56. The van der Waals surface area contributed by atoms with E-state index in [-0.39, 0.29) is 16.2 Å². The summed E-state index contributed by atoms with van der Waals surface area (Å²) in [5.74, 6) is -0.539. The molecule has 0 saturated carbocycles. The molecular formula is C25H26ClN3O5S. The molecule has 0 aliphatic heterocycles. The maximum absolute atomic E-state index is 13.0. The first kappa shape index (κ1) is 26.1. The van der Waals surface area contributed by atoms with Gasteiger partial charge in [-0.05, 0) is 68.8 Å². The minimum absolute atomic E-state index is 0.0193. The van der Waals surface area contributed by atoms with E-state index in [1.165, 1.54) is 36.6 Å². The lowest BCUT2D eigenvalue weighted by Crippen LogP contribution is -2.24. The number of aryl methyl sites for hydroxylation is 1. The number of halogens is 1. The summed E-state index contributed by atoms with van der Waals surface area (Å²) in [6.07, 6.45) is -0.961. The minimum atomic E-state index is -3.88. The van der Waals surface area contributed by atoms with Crippen LogP contribution in [0.25, 0.3) is 0 Å². The van der Waals surface area contributed by atoms with Crippen LogP contribution in [0.2, 0.25) is 5.02 Å². The second-order valence-electron chi connectivity index (χ2n) is 7.78. The summed E-state index contributed by atoms with van der Waals surface area (Å²) in [5, 5.41) is 12.2. The zero-order valence-corrected chi connectivity index (χ0v) is 21.2. The predicted octanol–water partition coefficient (Wildman–Crippen LogP) is 5.72. The number of nitriles is 1. The van der Waals surface area contributed by atoms with Crippen LogP contribution in [-0.4, -0.2) is 33.4 Å². The van der Waals surface area contributed by atoms with Crippen molar-refractivity contribution >= 4 is 38.9 Å². The number of ether oxygens (including phenoxy) is 1. The molecule has 0 radical (unpaired) electrons. The van der Waals surface area contributed by atoms with Crippen LogP contribution in [0.3, 0.4) is 0 Å². The number of rotatable bonds is 9. The average molecular weight is 516 g/mol. The van der Waals surface area contributed by atoms with Crippen molar-refractivity contribution in [2.45, 2.75) is 31.8 Å². The zero-order chi connectivity index (χ0) is 25.6. The van der Waals surface area contributed by atoms with Gasteiger partial charge in [0.05, 0.1) is 16.2 Å². The standard InChI is InChI=1S/C25H26ClN3O5S/c1-4-29(5-2)20-8-11-22(17(3)12-20)28-25(30)34-24(23-13-18(14-27)15-33-23)16-35(31,32)21-9-6-19(26)7-10-21/h6-13,15,24H,4-5,16H2,1-3H3,(H,28,30). The van der Waals surface area contributed by atoms with Gasteiger partial charge in [-0.25, -0.2) is 13.2 Å². The minimum Gasteiger partial charge on any atom is -0.464 e. The molecule has 3 rings (SSSR count). The first-order valence-corrected chi connectivity index (χ1v) is 13.0. The molecule has 184 valence electrons. The van der Waals surface area contributed by atoms with Crippen LogP contribution >= 0.6 is 11.6 Å². The number of anilines is 2. The number of amides is 1. The Morgan fingerprint density at radius 1 is 1.17 bits per heavy atom. The normalized spacial score (nSPS) is 12.0. The van der Waals surface area contributed by atoms with Crippen LogP contribution in [-0.2, 0) is 14.6 Å². The molecule has 35 heavy (non-hydrogen) atoms. The van der Waals surface area contributed by atoms with Gasteiger partial charge in [0.2, 0.25) is 0 Å². The summed E-state index contributed by atoms with van der Waals surface area (Å²) in [7, 11) is -3.88. The summed E-state index contributed by atoms with van der Waals surface area (Å²) in [5.41, 5.74) is 2.56. The lowest BCUT2D eigenvalue weighted by Gasteiger charge is -2.22. The largest absolute Gasteiger partial charge is 0.464 e. The van der Waals surface area contributed by atoms with Crippen molar-refractivity contribution in [3.8, 4) is 6.07 Å². The molecule has 3 aromatic rings. The fourth-order valence-corrected chi connectivity index (χ4v) is 5.03. The van der Waals surface area contributed by atoms with E-state index in [1.807, 2.05) is 25.1 Å². The summed E-state index contributed by atoms with van der Waals surface area (Å²) in [4.78, 5) is 15.0. The molecule has 1 unspecified atom stereocenters. The van der Waals surface area contributed by atoms with E-state index >= 15 is 0 Å². The van der Waals surface area contributed by atoms with Crippen molar-refractivity contribution in [2.75, 3.05) is 29.1 Å². The smallest absolute Gasteiger partial charge is 0.412 e. The van der Waals surface area contributed by atoms with Crippen molar-refractivity contribution < 1.29 is 22.4 Å². The molecule has 10 heteroatoms. The summed E-state index contributed by atoms with van der Waals surface area (Å²) in [6.45, 7) is 7.68. The number of hydrogen-bond donors (Lipinski definition) is 1. The quantitative estimate of drug-likeness (QED) is 0.387. The van der Waals surface area contributed by atoms with Crippen LogP contribution in [0, 0.1) is 18.3 Å². The van der Waals surface area contributed by atoms with Gasteiger partial charge in [-0.2, -0.15) is 5.26 Å². The van der Waals surface area contributed by atoms with E-state index in [2.05, 4.69) is 24.1 Å². The Balaban J connectivity index is 1.82. The molecule has 0 aliphatic rings. The number of sulfone groups is 1. The number of benzene rings is 2. The molecule has 0 saturated heterocycles. The Morgan fingerprint density at radius 2 is 1.86 bits per heavy atom. The molecule has 1 heterocycles. The molecule has 0 bridgehead atoms. The van der Waals surface area contributed by atoms with E-state index in [9.17, 15) is 13.2 Å². The second-order valence-corrected chi connectivity index (χ2v) is 10.2. The lowest BCUT2D eigenvalue weighted by molar-refractivity contribution is 0.109. The number of nitrogens with zero attached hydrogens (tertiary/aromatic N) is 2. The molecule has 1 atom stereocenters. The Kier molecular flexibility index (Phi) is 8.43. The van der Waals surface area contributed by atoms with E-state index in [4.69, 9.17) is 26.0 Å². The predicted molar refractivity (Wildman–Crippen MR) is 135 cm³/mol. The topological polar surface area (TPSA) is 113 Å². The third-order valence-electron chi connectivity index (χ3n) is 5.43. The Hall–Kier alpha value is -3.48. The second kappa shape index (κ2) is 11.3. The molecule has 2 aromatic carbocycles. The highest BCUT2D eigenvalue weighted by Crippen LogP contribution is 2.28. The van der Waals surface area contributed by atoms with Crippen molar-refractivity contribution in [1.29, 1.82) is 5.26 Å². The molecular weight excluding hydrogens is 490 g/mol. The number of nitrogens with one attached hydrogen (secondary N) is 1. The van der Waals surface area contributed by atoms with Gasteiger partial charge in [0, 0.05) is 35.6 Å². The lowest BCUT2D eigenvalue weighted by atomic mass is 10.1. The summed E-state index contributed by atoms with van der Waals surface area (Å²) >= 11 is 5.86. The van der Waals surface area contributed by atoms with E-state index < -0.39 is 27.8 Å². The Morgan fingerprint density at radius 3 is 2.43 bits per heavy atom. The summed E-state index contributed by atoms with van der Waals surface area (Å²) < 4.78 is 36.8. The SMILES string of the molecule is CCN(CC)c1ccc(NC(=O)OC(CS(=O)(=O)c2ccc(Cl)cc2)c2cc(C#N)co2)c(C)c1.